The minimum absolute atomic E-state index is 0.227. The van der Waals surface area contributed by atoms with E-state index in [1.165, 1.54) is 7.05 Å². The number of thioether (sulfide) groups is 1. The summed E-state index contributed by atoms with van der Waals surface area (Å²) < 4.78 is 23.4. The lowest BCUT2D eigenvalue weighted by atomic mass is 10.1. The summed E-state index contributed by atoms with van der Waals surface area (Å²) in [6, 6.07) is 9.38. The number of imide groups is 1. The summed E-state index contributed by atoms with van der Waals surface area (Å²) >= 11 is 3.10. The second kappa shape index (κ2) is 8.76. The van der Waals surface area contributed by atoms with Gasteiger partial charge in [0.05, 0.1) is 15.1 Å². The minimum atomic E-state index is -0.305. The predicted octanol–water partition coefficient (Wildman–Crippen LogP) is 4.66. The Morgan fingerprint density at radius 1 is 1.17 bits per heavy atom. The lowest BCUT2D eigenvalue weighted by Gasteiger charge is -2.15. The van der Waals surface area contributed by atoms with Crippen molar-refractivity contribution in [2.24, 2.45) is 0 Å². The van der Waals surface area contributed by atoms with Crippen molar-refractivity contribution in [2.45, 2.75) is 13.5 Å². The van der Waals surface area contributed by atoms with Crippen molar-refractivity contribution < 1.29 is 28.5 Å². The molecule has 0 aromatic heterocycles. The molecule has 0 bridgehead atoms. The third-order valence-corrected chi connectivity index (χ3v) is 6.20. The second-order valence-corrected chi connectivity index (χ2v) is 8.64. The van der Waals surface area contributed by atoms with E-state index < -0.39 is 0 Å². The first kappa shape index (κ1) is 20.9. The average Bonchev–Trinajstić information content (AvgIpc) is 3.28. The van der Waals surface area contributed by atoms with Crippen LogP contribution in [0.2, 0.25) is 0 Å². The number of benzene rings is 2. The molecule has 0 spiro atoms. The molecular weight excluding hydrogens is 521 g/mol. The van der Waals surface area contributed by atoms with Gasteiger partial charge in [-0.15, -0.1) is 0 Å². The summed E-state index contributed by atoms with van der Waals surface area (Å²) in [6.07, 6.45) is 1.70. The monoisotopic (exact) mass is 539 g/mol. The summed E-state index contributed by atoms with van der Waals surface area (Å²) in [7, 11) is 1.47. The summed E-state index contributed by atoms with van der Waals surface area (Å²) in [5.74, 6) is 2.32. The molecule has 2 aliphatic rings. The number of carbonyl (C=O) groups is 2. The predicted molar refractivity (Wildman–Crippen MR) is 121 cm³/mol. The van der Waals surface area contributed by atoms with Gasteiger partial charge in [-0.05, 0) is 82.7 Å². The zero-order chi connectivity index (χ0) is 21.3. The van der Waals surface area contributed by atoms with E-state index in [0.29, 0.717) is 35.4 Å². The second-order valence-electron chi connectivity index (χ2n) is 6.48. The van der Waals surface area contributed by atoms with Crippen LogP contribution in [0.5, 0.6) is 23.0 Å². The standard InChI is InChI=1S/C21H18INO6S/c1-3-26-17-8-13(9-18-20(24)23(2)21(25)30-18)6-14(22)19(17)27-10-12-4-5-15-16(7-12)29-11-28-15/h4-9H,3,10-11H2,1-2H3/b18-9-. The molecule has 7 nitrogen and oxygen atoms in total. The lowest BCUT2D eigenvalue weighted by molar-refractivity contribution is -0.121. The molecule has 2 amide bonds. The van der Waals surface area contributed by atoms with Crippen molar-refractivity contribution in [3.63, 3.8) is 0 Å². The number of rotatable bonds is 6. The van der Waals surface area contributed by atoms with Crippen LogP contribution < -0.4 is 18.9 Å². The van der Waals surface area contributed by atoms with Crippen LogP contribution >= 0.6 is 34.4 Å². The average molecular weight is 539 g/mol. The van der Waals surface area contributed by atoms with Gasteiger partial charge < -0.3 is 18.9 Å². The third kappa shape index (κ3) is 4.22. The molecule has 2 aliphatic heterocycles. The first-order valence-corrected chi connectivity index (χ1v) is 11.0. The number of fused-ring (bicyclic) bond motifs is 1. The van der Waals surface area contributed by atoms with Gasteiger partial charge in [-0.1, -0.05) is 6.07 Å². The highest BCUT2D eigenvalue weighted by Crippen LogP contribution is 2.38. The highest BCUT2D eigenvalue weighted by Gasteiger charge is 2.31. The zero-order valence-corrected chi connectivity index (χ0v) is 19.2. The van der Waals surface area contributed by atoms with Gasteiger partial charge in [0.15, 0.2) is 23.0 Å². The van der Waals surface area contributed by atoms with E-state index in [1.807, 2.05) is 37.3 Å². The van der Waals surface area contributed by atoms with E-state index in [0.717, 1.165) is 37.1 Å². The normalized spacial score (nSPS) is 16.5. The SMILES string of the molecule is CCOc1cc(/C=C2\SC(=O)N(C)C2=O)cc(I)c1OCc1ccc2c(c1)OCO2. The molecule has 2 aromatic rings. The van der Waals surface area contributed by atoms with Crippen LogP contribution in [0.4, 0.5) is 4.79 Å². The Labute approximate surface area is 191 Å². The fourth-order valence-electron chi connectivity index (χ4n) is 2.96. The van der Waals surface area contributed by atoms with Gasteiger partial charge in [0.2, 0.25) is 6.79 Å². The molecule has 2 aromatic carbocycles. The fourth-order valence-corrected chi connectivity index (χ4v) is 4.57. The molecule has 0 atom stereocenters. The van der Waals surface area contributed by atoms with Crippen LogP contribution in [-0.4, -0.2) is 36.5 Å². The molecule has 1 saturated heterocycles. The number of amides is 2. The molecule has 2 heterocycles. The lowest BCUT2D eigenvalue weighted by Crippen LogP contribution is -2.22. The van der Waals surface area contributed by atoms with Gasteiger partial charge in [0, 0.05) is 7.05 Å². The number of nitrogens with zero attached hydrogens (tertiary/aromatic N) is 1. The molecule has 9 heteroatoms. The van der Waals surface area contributed by atoms with Crippen LogP contribution in [-0.2, 0) is 11.4 Å². The molecular formula is C21H18INO6S. The number of hydrogen-bond donors (Lipinski definition) is 0. The van der Waals surface area contributed by atoms with E-state index >= 15 is 0 Å². The van der Waals surface area contributed by atoms with Crippen molar-refractivity contribution in [2.75, 3.05) is 20.4 Å². The highest BCUT2D eigenvalue weighted by atomic mass is 127. The Morgan fingerprint density at radius 2 is 1.97 bits per heavy atom. The Morgan fingerprint density at radius 3 is 2.70 bits per heavy atom. The Kier molecular flexibility index (Phi) is 6.09. The van der Waals surface area contributed by atoms with Crippen LogP contribution in [0.15, 0.2) is 35.2 Å². The molecule has 30 heavy (non-hydrogen) atoms. The summed E-state index contributed by atoms with van der Waals surface area (Å²) in [4.78, 5) is 25.4. The van der Waals surface area contributed by atoms with Gasteiger partial charge in [0.1, 0.15) is 6.61 Å². The maximum absolute atomic E-state index is 12.2. The van der Waals surface area contributed by atoms with Gasteiger partial charge >= 0.3 is 0 Å². The van der Waals surface area contributed by atoms with E-state index in [-0.39, 0.29) is 17.9 Å². The van der Waals surface area contributed by atoms with E-state index in [2.05, 4.69) is 22.6 Å². The van der Waals surface area contributed by atoms with Crippen molar-refractivity contribution in [1.82, 2.24) is 4.90 Å². The first-order chi connectivity index (χ1) is 14.5. The molecule has 1 fully saturated rings. The summed E-state index contributed by atoms with van der Waals surface area (Å²) in [5.41, 5.74) is 1.70. The Bertz CT molecular complexity index is 1050. The maximum atomic E-state index is 12.2. The van der Waals surface area contributed by atoms with E-state index in [4.69, 9.17) is 18.9 Å². The highest BCUT2D eigenvalue weighted by molar-refractivity contribution is 14.1. The van der Waals surface area contributed by atoms with Crippen LogP contribution in [0, 0.1) is 3.57 Å². The van der Waals surface area contributed by atoms with Crippen LogP contribution in [0.25, 0.3) is 6.08 Å². The Balaban J connectivity index is 1.57. The van der Waals surface area contributed by atoms with Gasteiger partial charge in [-0.2, -0.15) is 0 Å². The van der Waals surface area contributed by atoms with Gasteiger partial charge in [0.25, 0.3) is 11.1 Å². The number of ether oxygens (including phenoxy) is 4. The fraction of sp³-hybridized carbons (Fsp3) is 0.238. The largest absolute Gasteiger partial charge is 0.490 e. The van der Waals surface area contributed by atoms with Gasteiger partial charge in [-0.3, -0.25) is 14.5 Å². The number of halogens is 1. The number of carbonyl (C=O) groups excluding carboxylic acids is 2. The van der Waals surface area contributed by atoms with Crippen molar-refractivity contribution >= 4 is 51.6 Å². The molecule has 0 unspecified atom stereocenters. The smallest absolute Gasteiger partial charge is 0.293 e. The zero-order valence-electron chi connectivity index (χ0n) is 16.3. The third-order valence-electron chi connectivity index (χ3n) is 4.44. The topological polar surface area (TPSA) is 74.3 Å². The molecule has 0 radical (unpaired) electrons. The number of likely N-dealkylation sites (N-methyl/N-ethyl adjacent to an activating group) is 1. The van der Waals surface area contributed by atoms with Crippen LogP contribution in [0.1, 0.15) is 18.1 Å². The van der Waals surface area contributed by atoms with Crippen molar-refractivity contribution in [3.05, 3.63) is 49.9 Å². The van der Waals surface area contributed by atoms with Crippen LogP contribution in [0.3, 0.4) is 0 Å². The van der Waals surface area contributed by atoms with E-state index in [1.54, 1.807) is 6.08 Å². The van der Waals surface area contributed by atoms with E-state index in [9.17, 15) is 9.59 Å². The quantitative estimate of drug-likeness (QED) is 0.391. The molecule has 4 rings (SSSR count). The van der Waals surface area contributed by atoms with Crippen molar-refractivity contribution in [3.8, 4) is 23.0 Å². The molecule has 0 saturated carbocycles. The number of hydrogen-bond acceptors (Lipinski definition) is 7. The molecule has 156 valence electrons. The molecule has 0 N–H and O–H groups in total. The summed E-state index contributed by atoms with van der Waals surface area (Å²) in [6.45, 7) is 2.92. The van der Waals surface area contributed by atoms with Gasteiger partial charge in [-0.25, -0.2) is 0 Å². The Hall–Kier alpha value is -2.40. The summed E-state index contributed by atoms with van der Waals surface area (Å²) in [5, 5.41) is -0.283. The minimum Gasteiger partial charge on any atom is -0.490 e. The molecule has 0 aliphatic carbocycles. The van der Waals surface area contributed by atoms with Crippen molar-refractivity contribution in [1.29, 1.82) is 0 Å². The maximum Gasteiger partial charge on any atom is 0.293 e. The first-order valence-electron chi connectivity index (χ1n) is 9.15.